The van der Waals surface area contributed by atoms with Crippen LogP contribution in [0.3, 0.4) is 0 Å². The number of rotatable bonds is 1. The molecule has 0 aliphatic heterocycles. The SMILES string of the molecule is Cc1c(F)ccc(CF)c1C. The van der Waals surface area contributed by atoms with Gasteiger partial charge in [-0.05, 0) is 36.6 Å². The first kappa shape index (κ1) is 8.18. The molecule has 0 aliphatic carbocycles. The first-order valence-electron chi connectivity index (χ1n) is 3.47. The van der Waals surface area contributed by atoms with Crippen molar-refractivity contribution in [1.29, 1.82) is 0 Å². The van der Waals surface area contributed by atoms with Crippen LogP contribution < -0.4 is 0 Å². The lowest BCUT2D eigenvalue weighted by Gasteiger charge is -2.04. The number of alkyl halides is 1. The molecule has 60 valence electrons. The van der Waals surface area contributed by atoms with E-state index in [1.165, 1.54) is 12.1 Å². The van der Waals surface area contributed by atoms with Gasteiger partial charge in [0.15, 0.2) is 0 Å². The molecule has 1 rings (SSSR count). The molecular weight excluding hydrogens is 146 g/mol. The zero-order valence-corrected chi connectivity index (χ0v) is 6.62. The van der Waals surface area contributed by atoms with Gasteiger partial charge in [-0.2, -0.15) is 0 Å². The largest absolute Gasteiger partial charge is 0.246 e. The highest BCUT2D eigenvalue weighted by molar-refractivity contribution is 5.33. The molecule has 2 heteroatoms. The summed E-state index contributed by atoms with van der Waals surface area (Å²) in [6, 6.07) is 2.79. The Bertz CT molecular complexity index is 267. The maximum atomic E-state index is 12.8. The van der Waals surface area contributed by atoms with Gasteiger partial charge >= 0.3 is 0 Å². The van der Waals surface area contributed by atoms with Gasteiger partial charge in [0.05, 0.1) is 0 Å². The molecular formula is C9H10F2. The van der Waals surface area contributed by atoms with Crippen LogP contribution in [0.25, 0.3) is 0 Å². The standard InChI is InChI=1S/C9H10F2/c1-6-7(2)9(11)4-3-8(6)5-10/h3-4H,5H2,1-2H3. The van der Waals surface area contributed by atoms with Crippen molar-refractivity contribution in [3.8, 4) is 0 Å². The summed E-state index contributed by atoms with van der Waals surface area (Å²) in [6.45, 7) is 2.87. The number of benzene rings is 1. The summed E-state index contributed by atoms with van der Waals surface area (Å²) < 4.78 is 24.9. The normalized spacial score (nSPS) is 10.2. The van der Waals surface area contributed by atoms with Crippen molar-refractivity contribution in [2.24, 2.45) is 0 Å². The zero-order chi connectivity index (χ0) is 8.43. The highest BCUT2D eigenvalue weighted by Crippen LogP contribution is 2.16. The average molecular weight is 156 g/mol. The molecule has 0 saturated heterocycles. The summed E-state index contributed by atoms with van der Waals surface area (Å²) in [5.41, 5.74) is 1.83. The molecule has 0 aromatic heterocycles. The van der Waals surface area contributed by atoms with Gasteiger partial charge in [-0.1, -0.05) is 6.07 Å². The van der Waals surface area contributed by atoms with E-state index in [2.05, 4.69) is 0 Å². The molecule has 1 aromatic carbocycles. The Kier molecular flexibility index (Phi) is 2.22. The molecule has 1 aromatic rings. The van der Waals surface area contributed by atoms with Gasteiger partial charge in [-0.3, -0.25) is 0 Å². The van der Waals surface area contributed by atoms with Gasteiger partial charge in [0.2, 0.25) is 0 Å². The van der Waals surface area contributed by atoms with Gasteiger partial charge < -0.3 is 0 Å². The Morgan fingerprint density at radius 1 is 1.18 bits per heavy atom. The second-order valence-corrected chi connectivity index (χ2v) is 2.59. The third-order valence-electron chi connectivity index (χ3n) is 1.98. The van der Waals surface area contributed by atoms with Gasteiger partial charge in [0.1, 0.15) is 12.5 Å². The number of hydrogen-bond acceptors (Lipinski definition) is 0. The Labute approximate surface area is 64.9 Å². The molecule has 0 unspecified atom stereocenters. The van der Waals surface area contributed by atoms with Crippen molar-refractivity contribution in [2.45, 2.75) is 20.5 Å². The van der Waals surface area contributed by atoms with Crippen LogP contribution >= 0.6 is 0 Å². The predicted octanol–water partition coefficient (Wildman–Crippen LogP) is 2.91. The summed E-state index contributed by atoms with van der Waals surface area (Å²) in [6.07, 6.45) is 0. The van der Waals surface area contributed by atoms with Crippen LogP contribution in [0.4, 0.5) is 8.78 Å². The van der Waals surface area contributed by atoms with Crippen LogP contribution in [0.2, 0.25) is 0 Å². The molecule has 0 aliphatic rings. The van der Waals surface area contributed by atoms with E-state index in [-0.39, 0.29) is 5.82 Å². The smallest absolute Gasteiger partial charge is 0.126 e. The fourth-order valence-corrected chi connectivity index (χ4v) is 0.988. The monoisotopic (exact) mass is 156 g/mol. The van der Waals surface area contributed by atoms with E-state index < -0.39 is 6.67 Å². The Morgan fingerprint density at radius 2 is 1.82 bits per heavy atom. The fourth-order valence-electron chi connectivity index (χ4n) is 0.988. The highest BCUT2D eigenvalue weighted by Gasteiger charge is 2.04. The molecule has 0 radical (unpaired) electrons. The molecule has 11 heavy (non-hydrogen) atoms. The molecule has 0 N–H and O–H groups in total. The lowest BCUT2D eigenvalue weighted by atomic mass is 10.0. The molecule has 0 heterocycles. The second-order valence-electron chi connectivity index (χ2n) is 2.59. The van der Waals surface area contributed by atoms with Gasteiger partial charge in [0.25, 0.3) is 0 Å². The molecule has 0 fully saturated rings. The molecule has 0 amide bonds. The van der Waals surface area contributed by atoms with Gasteiger partial charge in [0, 0.05) is 0 Å². The lowest BCUT2D eigenvalue weighted by Crippen LogP contribution is -1.92. The third-order valence-corrected chi connectivity index (χ3v) is 1.98. The van der Waals surface area contributed by atoms with Crippen LogP contribution in [0.1, 0.15) is 16.7 Å². The van der Waals surface area contributed by atoms with E-state index in [0.717, 1.165) is 0 Å². The van der Waals surface area contributed by atoms with E-state index >= 15 is 0 Å². The number of halogens is 2. The molecule has 0 nitrogen and oxygen atoms in total. The molecule has 0 atom stereocenters. The number of hydrogen-bond donors (Lipinski definition) is 0. The van der Waals surface area contributed by atoms with Crippen LogP contribution in [-0.4, -0.2) is 0 Å². The van der Waals surface area contributed by atoms with Crippen molar-refractivity contribution in [2.75, 3.05) is 0 Å². The minimum absolute atomic E-state index is 0.264. The molecule has 0 spiro atoms. The van der Waals surface area contributed by atoms with Crippen LogP contribution in [0.15, 0.2) is 12.1 Å². The van der Waals surface area contributed by atoms with Crippen molar-refractivity contribution >= 4 is 0 Å². The van der Waals surface area contributed by atoms with E-state index in [1.54, 1.807) is 13.8 Å². The van der Waals surface area contributed by atoms with E-state index in [9.17, 15) is 8.78 Å². The maximum absolute atomic E-state index is 12.8. The average Bonchev–Trinajstić information content (AvgIpc) is 2.01. The van der Waals surface area contributed by atoms with Crippen molar-refractivity contribution in [1.82, 2.24) is 0 Å². The topological polar surface area (TPSA) is 0 Å². The van der Waals surface area contributed by atoms with E-state index in [1.807, 2.05) is 0 Å². The third kappa shape index (κ3) is 1.39. The predicted molar refractivity (Wildman–Crippen MR) is 40.7 cm³/mol. The van der Waals surface area contributed by atoms with Gasteiger partial charge in [-0.15, -0.1) is 0 Å². The zero-order valence-electron chi connectivity index (χ0n) is 6.62. The van der Waals surface area contributed by atoms with Crippen molar-refractivity contribution < 1.29 is 8.78 Å². The van der Waals surface area contributed by atoms with Crippen LogP contribution in [0.5, 0.6) is 0 Å². The van der Waals surface area contributed by atoms with Gasteiger partial charge in [-0.25, -0.2) is 8.78 Å². The summed E-state index contributed by atoms with van der Waals surface area (Å²) in [7, 11) is 0. The summed E-state index contributed by atoms with van der Waals surface area (Å²) in [4.78, 5) is 0. The Morgan fingerprint density at radius 3 is 2.36 bits per heavy atom. The molecule has 0 bridgehead atoms. The Hall–Kier alpha value is -0.920. The quantitative estimate of drug-likeness (QED) is 0.586. The minimum Gasteiger partial charge on any atom is -0.246 e. The van der Waals surface area contributed by atoms with Crippen LogP contribution in [-0.2, 0) is 6.67 Å². The first-order chi connectivity index (χ1) is 5.16. The summed E-state index contributed by atoms with van der Waals surface area (Å²) in [5.74, 6) is -0.264. The highest BCUT2D eigenvalue weighted by atomic mass is 19.1. The summed E-state index contributed by atoms with van der Waals surface area (Å²) >= 11 is 0. The summed E-state index contributed by atoms with van der Waals surface area (Å²) in [5, 5.41) is 0. The minimum atomic E-state index is -0.521. The maximum Gasteiger partial charge on any atom is 0.126 e. The van der Waals surface area contributed by atoms with Crippen LogP contribution in [0, 0.1) is 19.7 Å². The van der Waals surface area contributed by atoms with E-state index in [4.69, 9.17) is 0 Å². The second kappa shape index (κ2) is 2.99. The molecule has 0 saturated carbocycles. The van der Waals surface area contributed by atoms with Crippen molar-refractivity contribution in [3.63, 3.8) is 0 Å². The first-order valence-corrected chi connectivity index (χ1v) is 3.47. The fraction of sp³-hybridized carbons (Fsp3) is 0.333. The Balaban J connectivity index is 3.25. The van der Waals surface area contributed by atoms with Crippen molar-refractivity contribution in [3.05, 3.63) is 34.6 Å². The van der Waals surface area contributed by atoms with E-state index in [0.29, 0.717) is 16.7 Å². The lowest BCUT2D eigenvalue weighted by molar-refractivity contribution is 0.482.